The van der Waals surface area contributed by atoms with Crippen LogP contribution in [0.3, 0.4) is 0 Å². The number of amidine groups is 1. The van der Waals surface area contributed by atoms with Gasteiger partial charge in [0, 0.05) is 6.20 Å². The minimum absolute atomic E-state index is 0.323. The van der Waals surface area contributed by atoms with Gasteiger partial charge in [0.1, 0.15) is 0 Å². The van der Waals surface area contributed by atoms with Crippen LogP contribution < -0.4 is 0 Å². The number of thioether (sulfide) groups is 1. The number of hydrogen-bond donors (Lipinski definition) is 0. The third kappa shape index (κ3) is 1.24. The fraction of sp³-hybridized carbons (Fsp3) is 0.182. The SMILES string of the molecule is C1=CN2C[C@@H](c3ccccc3)N=C2S1. The molecule has 0 saturated carbocycles. The molecule has 1 aromatic rings. The molecule has 70 valence electrons. The van der Waals surface area contributed by atoms with E-state index >= 15 is 0 Å². The van der Waals surface area contributed by atoms with Gasteiger partial charge in [0.2, 0.25) is 0 Å². The summed E-state index contributed by atoms with van der Waals surface area (Å²) in [5.41, 5.74) is 1.31. The predicted octanol–water partition coefficient (Wildman–Crippen LogP) is 2.62. The first-order valence-electron chi connectivity index (χ1n) is 4.66. The fourth-order valence-corrected chi connectivity index (χ4v) is 2.54. The largest absolute Gasteiger partial charge is 0.325 e. The van der Waals surface area contributed by atoms with Gasteiger partial charge in [0.15, 0.2) is 5.17 Å². The number of hydrogen-bond acceptors (Lipinski definition) is 3. The van der Waals surface area contributed by atoms with Crippen LogP contribution in [-0.4, -0.2) is 16.6 Å². The summed E-state index contributed by atoms with van der Waals surface area (Å²) < 4.78 is 0. The van der Waals surface area contributed by atoms with Crippen LogP contribution in [0.1, 0.15) is 11.6 Å². The van der Waals surface area contributed by atoms with E-state index in [0.29, 0.717) is 6.04 Å². The van der Waals surface area contributed by atoms with E-state index in [1.165, 1.54) is 5.56 Å². The molecule has 0 aromatic heterocycles. The zero-order chi connectivity index (χ0) is 9.38. The van der Waals surface area contributed by atoms with Crippen LogP contribution in [0, 0.1) is 0 Å². The Balaban J connectivity index is 1.88. The van der Waals surface area contributed by atoms with Crippen LogP contribution in [0.2, 0.25) is 0 Å². The first kappa shape index (κ1) is 8.12. The highest BCUT2D eigenvalue weighted by molar-refractivity contribution is 8.16. The maximum Gasteiger partial charge on any atom is 0.168 e. The molecule has 2 heterocycles. The molecular weight excluding hydrogens is 192 g/mol. The van der Waals surface area contributed by atoms with Gasteiger partial charge in [0.25, 0.3) is 0 Å². The van der Waals surface area contributed by atoms with Crippen molar-refractivity contribution in [3.8, 4) is 0 Å². The third-order valence-corrected chi connectivity index (χ3v) is 3.29. The summed E-state index contributed by atoms with van der Waals surface area (Å²) in [5, 5.41) is 3.22. The monoisotopic (exact) mass is 202 g/mol. The van der Waals surface area contributed by atoms with Crippen molar-refractivity contribution in [1.29, 1.82) is 0 Å². The number of benzene rings is 1. The molecule has 1 atom stereocenters. The van der Waals surface area contributed by atoms with Gasteiger partial charge < -0.3 is 4.90 Å². The average Bonchev–Trinajstić information content (AvgIpc) is 2.78. The molecule has 2 nitrogen and oxygen atoms in total. The van der Waals surface area contributed by atoms with Crippen molar-refractivity contribution in [3.63, 3.8) is 0 Å². The Morgan fingerprint density at radius 3 is 2.93 bits per heavy atom. The Morgan fingerprint density at radius 1 is 1.29 bits per heavy atom. The molecule has 2 aliphatic heterocycles. The Morgan fingerprint density at radius 2 is 2.14 bits per heavy atom. The van der Waals surface area contributed by atoms with Crippen LogP contribution in [-0.2, 0) is 0 Å². The van der Waals surface area contributed by atoms with Gasteiger partial charge in [-0.1, -0.05) is 42.1 Å². The van der Waals surface area contributed by atoms with Gasteiger partial charge in [-0.2, -0.15) is 0 Å². The zero-order valence-electron chi connectivity index (χ0n) is 7.63. The van der Waals surface area contributed by atoms with Crippen molar-refractivity contribution in [2.75, 3.05) is 6.54 Å². The molecule has 0 bridgehead atoms. The number of rotatable bonds is 1. The highest BCUT2D eigenvalue weighted by Gasteiger charge is 2.26. The van der Waals surface area contributed by atoms with Crippen molar-refractivity contribution in [3.05, 3.63) is 47.5 Å². The molecule has 0 saturated heterocycles. The second-order valence-corrected chi connectivity index (χ2v) is 4.27. The Labute approximate surface area is 87.3 Å². The topological polar surface area (TPSA) is 15.6 Å². The van der Waals surface area contributed by atoms with E-state index < -0.39 is 0 Å². The smallest absolute Gasteiger partial charge is 0.168 e. The summed E-state index contributed by atoms with van der Waals surface area (Å²) >= 11 is 1.71. The normalized spacial score (nSPS) is 23.9. The van der Waals surface area contributed by atoms with Crippen molar-refractivity contribution in [2.24, 2.45) is 4.99 Å². The molecular formula is C11H10N2S. The Hall–Kier alpha value is -1.22. The highest BCUT2D eigenvalue weighted by Crippen LogP contribution is 2.32. The minimum atomic E-state index is 0.323. The quantitative estimate of drug-likeness (QED) is 0.695. The van der Waals surface area contributed by atoms with Gasteiger partial charge in [-0.15, -0.1) is 0 Å². The first-order chi connectivity index (χ1) is 6.93. The number of fused-ring (bicyclic) bond motifs is 1. The molecule has 3 rings (SSSR count). The van der Waals surface area contributed by atoms with Crippen LogP contribution in [0.15, 0.2) is 46.9 Å². The third-order valence-electron chi connectivity index (χ3n) is 2.48. The molecule has 0 radical (unpaired) electrons. The lowest BCUT2D eigenvalue weighted by Gasteiger charge is -2.10. The molecule has 14 heavy (non-hydrogen) atoms. The summed E-state index contributed by atoms with van der Waals surface area (Å²) in [7, 11) is 0. The Kier molecular flexibility index (Phi) is 1.84. The van der Waals surface area contributed by atoms with E-state index in [0.717, 1.165) is 11.7 Å². The van der Waals surface area contributed by atoms with Crippen LogP contribution in [0.5, 0.6) is 0 Å². The predicted molar refractivity (Wildman–Crippen MR) is 60.1 cm³/mol. The summed E-state index contributed by atoms with van der Waals surface area (Å²) in [6, 6.07) is 10.8. The van der Waals surface area contributed by atoms with Crippen LogP contribution in [0.4, 0.5) is 0 Å². The van der Waals surface area contributed by atoms with Gasteiger partial charge in [-0.05, 0) is 11.0 Å². The average molecular weight is 202 g/mol. The van der Waals surface area contributed by atoms with E-state index in [-0.39, 0.29) is 0 Å². The standard InChI is InChI=1S/C11H10N2S/c1-2-4-9(5-3-1)10-8-13-6-7-14-11(13)12-10/h1-7,10H,8H2/t10-/m0/s1. The zero-order valence-corrected chi connectivity index (χ0v) is 8.45. The molecule has 0 spiro atoms. The van der Waals surface area contributed by atoms with E-state index in [4.69, 9.17) is 0 Å². The molecule has 0 amide bonds. The van der Waals surface area contributed by atoms with Crippen LogP contribution >= 0.6 is 11.8 Å². The molecule has 2 aliphatic rings. The summed E-state index contributed by atoms with van der Waals surface area (Å²) in [6.45, 7) is 0.989. The summed E-state index contributed by atoms with van der Waals surface area (Å²) in [4.78, 5) is 6.87. The lowest BCUT2D eigenvalue weighted by molar-refractivity contribution is 0.558. The van der Waals surface area contributed by atoms with Crippen molar-refractivity contribution in [2.45, 2.75) is 6.04 Å². The molecule has 0 aliphatic carbocycles. The molecule has 0 fully saturated rings. The Bertz CT molecular complexity index is 397. The van der Waals surface area contributed by atoms with Gasteiger partial charge >= 0.3 is 0 Å². The number of nitrogens with zero attached hydrogens (tertiary/aromatic N) is 2. The lowest BCUT2D eigenvalue weighted by atomic mass is 10.1. The van der Waals surface area contributed by atoms with E-state index in [1.54, 1.807) is 11.8 Å². The van der Waals surface area contributed by atoms with Crippen molar-refractivity contribution >= 4 is 16.9 Å². The van der Waals surface area contributed by atoms with Crippen LogP contribution in [0.25, 0.3) is 0 Å². The van der Waals surface area contributed by atoms with Gasteiger partial charge in [0.05, 0.1) is 12.6 Å². The van der Waals surface area contributed by atoms with E-state index in [1.807, 2.05) is 6.07 Å². The minimum Gasteiger partial charge on any atom is -0.325 e. The molecule has 3 heteroatoms. The second kappa shape index (κ2) is 3.17. The fourth-order valence-electron chi connectivity index (χ4n) is 1.76. The van der Waals surface area contributed by atoms with E-state index in [9.17, 15) is 0 Å². The van der Waals surface area contributed by atoms with Gasteiger partial charge in [-0.3, -0.25) is 4.99 Å². The molecule has 1 aromatic carbocycles. The maximum atomic E-state index is 4.66. The second-order valence-electron chi connectivity index (χ2n) is 3.39. The maximum absolute atomic E-state index is 4.66. The number of aliphatic imine (C=N–C) groups is 1. The van der Waals surface area contributed by atoms with Gasteiger partial charge in [-0.25, -0.2) is 0 Å². The summed E-state index contributed by atoms with van der Waals surface area (Å²) in [5.74, 6) is 0. The molecule has 0 unspecified atom stereocenters. The lowest BCUT2D eigenvalue weighted by Crippen LogP contribution is -2.15. The van der Waals surface area contributed by atoms with Crippen molar-refractivity contribution in [1.82, 2.24) is 4.90 Å². The van der Waals surface area contributed by atoms with Crippen molar-refractivity contribution < 1.29 is 0 Å². The van der Waals surface area contributed by atoms with E-state index in [2.05, 4.69) is 45.8 Å². The summed E-state index contributed by atoms with van der Waals surface area (Å²) in [6.07, 6.45) is 2.10. The molecule has 0 N–H and O–H groups in total. The first-order valence-corrected chi connectivity index (χ1v) is 5.54. The highest BCUT2D eigenvalue weighted by atomic mass is 32.2.